The molecule has 0 saturated carbocycles. The van der Waals surface area contributed by atoms with Crippen LogP contribution in [0.2, 0.25) is 0 Å². The van der Waals surface area contributed by atoms with E-state index in [0.717, 1.165) is 42.8 Å². The highest BCUT2D eigenvalue weighted by Crippen LogP contribution is 2.24. The minimum absolute atomic E-state index is 0.0262. The number of carbonyl (C=O) groups excluding carboxylic acids is 2. The Labute approximate surface area is 174 Å². The second kappa shape index (κ2) is 10.6. The molecule has 5 heteroatoms. The molecule has 0 spiro atoms. The van der Waals surface area contributed by atoms with Crippen molar-refractivity contribution in [3.8, 4) is 5.75 Å². The average Bonchev–Trinajstić information content (AvgIpc) is 2.70. The maximum atomic E-state index is 12.7. The van der Waals surface area contributed by atoms with Crippen molar-refractivity contribution in [1.29, 1.82) is 0 Å². The first-order chi connectivity index (χ1) is 13.9. The number of hydrogen-bond acceptors (Lipinski definition) is 3. The Bertz CT molecular complexity index is 804. The van der Waals surface area contributed by atoms with Crippen LogP contribution in [-0.4, -0.2) is 35.9 Å². The van der Waals surface area contributed by atoms with E-state index in [-0.39, 0.29) is 11.8 Å². The maximum Gasteiger partial charge on any atom is 0.265 e. The molecular weight excluding hydrogens is 364 g/mol. The van der Waals surface area contributed by atoms with Gasteiger partial charge in [-0.05, 0) is 69.0 Å². The van der Waals surface area contributed by atoms with Crippen LogP contribution in [0.1, 0.15) is 55.1 Å². The van der Waals surface area contributed by atoms with Crippen LogP contribution in [0.15, 0.2) is 42.5 Å². The van der Waals surface area contributed by atoms with Crippen LogP contribution >= 0.6 is 0 Å². The first-order valence-corrected chi connectivity index (χ1v) is 10.3. The van der Waals surface area contributed by atoms with Gasteiger partial charge in [0, 0.05) is 24.3 Å². The number of anilines is 1. The lowest BCUT2D eigenvalue weighted by Gasteiger charge is -2.21. The third-order valence-corrected chi connectivity index (χ3v) is 4.75. The van der Waals surface area contributed by atoms with Gasteiger partial charge in [-0.1, -0.05) is 32.0 Å². The molecule has 2 aromatic rings. The fourth-order valence-electron chi connectivity index (χ4n) is 3.19. The Morgan fingerprint density at radius 2 is 1.52 bits per heavy atom. The van der Waals surface area contributed by atoms with Gasteiger partial charge in [0.15, 0.2) is 6.10 Å². The second-order valence-electron chi connectivity index (χ2n) is 7.34. The number of aryl methyl sites for hydroxylation is 2. The molecule has 2 rings (SSSR count). The predicted octanol–water partition coefficient (Wildman–Crippen LogP) is 4.97. The maximum absolute atomic E-state index is 12.7. The van der Waals surface area contributed by atoms with Crippen LogP contribution in [0.25, 0.3) is 0 Å². The molecule has 0 saturated heterocycles. The van der Waals surface area contributed by atoms with E-state index >= 15 is 0 Å². The van der Waals surface area contributed by atoms with Crippen LogP contribution in [-0.2, 0) is 4.79 Å². The molecule has 2 aromatic carbocycles. The summed E-state index contributed by atoms with van der Waals surface area (Å²) in [5.74, 6) is 0.534. The molecule has 29 heavy (non-hydrogen) atoms. The average molecular weight is 397 g/mol. The van der Waals surface area contributed by atoms with Gasteiger partial charge in [0.2, 0.25) is 0 Å². The zero-order chi connectivity index (χ0) is 21.4. The quantitative estimate of drug-likeness (QED) is 0.651. The van der Waals surface area contributed by atoms with E-state index in [9.17, 15) is 9.59 Å². The first kappa shape index (κ1) is 22.5. The molecule has 5 nitrogen and oxygen atoms in total. The summed E-state index contributed by atoms with van der Waals surface area (Å²) < 4.78 is 5.88. The molecule has 2 amide bonds. The molecule has 156 valence electrons. The summed E-state index contributed by atoms with van der Waals surface area (Å²) in [5, 5.41) is 2.86. The van der Waals surface area contributed by atoms with E-state index in [0.29, 0.717) is 11.3 Å². The number of nitrogens with zero attached hydrogens (tertiary/aromatic N) is 1. The smallest absolute Gasteiger partial charge is 0.265 e. The summed E-state index contributed by atoms with van der Waals surface area (Å²) in [6.07, 6.45) is 1.22. The lowest BCUT2D eigenvalue weighted by Crippen LogP contribution is -2.32. The zero-order valence-electron chi connectivity index (χ0n) is 18.1. The molecule has 0 bridgehead atoms. The third-order valence-electron chi connectivity index (χ3n) is 4.75. The largest absolute Gasteiger partial charge is 0.480 e. The fourth-order valence-corrected chi connectivity index (χ4v) is 3.19. The summed E-state index contributed by atoms with van der Waals surface area (Å²) in [6, 6.07) is 12.9. The number of benzene rings is 2. The molecular formula is C24H32N2O3. The molecule has 0 fully saturated rings. The van der Waals surface area contributed by atoms with Gasteiger partial charge in [-0.15, -0.1) is 0 Å². The summed E-state index contributed by atoms with van der Waals surface area (Å²) in [6.45, 7) is 11.3. The topological polar surface area (TPSA) is 58.6 Å². The standard InChI is InChI=1S/C24H32N2O3/c1-6-15-26(16-7-2)24(28)20-11-13-21(14-12-20)25-23(27)19(5)29-22-17(3)9-8-10-18(22)4/h8-14,19H,6-7,15-16H2,1-5H3,(H,25,27). The van der Waals surface area contributed by atoms with E-state index in [1.165, 1.54) is 0 Å². The predicted molar refractivity (Wildman–Crippen MR) is 118 cm³/mol. The van der Waals surface area contributed by atoms with Crippen molar-refractivity contribution in [2.45, 2.75) is 53.6 Å². The molecule has 0 heterocycles. The van der Waals surface area contributed by atoms with Crippen molar-refractivity contribution >= 4 is 17.5 Å². The van der Waals surface area contributed by atoms with Crippen LogP contribution in [0, 0.1) is 13.8 Å². The van der Waals surface area contributed by atoms with Gasteiger partial charge < -0.3 is 15.0 Å². The van der Waals surface area contributed by atoms with E-state index in [1.807, 2.05) is 36.9 Å². The summed E-state index contributed by atoms with van der Waals surface area (Å²) in [5.41, 5.74) is 3.26. The highest BCUT2D eigenvalue weighted by atomic mass is 16.5. The molecule has 0 aliphatic heterocycles. The number of hydrogen-bond donors (Lipinski definition) is 1. The van der Waals surface area contributed by atoms with E-state index in [2.05, 4.69) is 19.2 Å². The van der Waals surface area contributed by atoms with Gasteiger partial charge in [0.05, 0.1) is 0 Å². The Kier molecular flexibility index (Phi) is 8.25. The number of rotatable bonds is 9. The minimum Gasteiger partial charge on any atom is -0.480 e. The molecule has 0 aromatic heterocycles. The van der Waals surface area contributed by atoms with Gasteiger partial charge in [0.25, 0.3) is 11.8 Å². The Morgan fingerprint density at radius 3 is 2.03 bits per heavy atom. The Hall–Kier alpha value is -2.82. The van der Waals surface area contributed by atoms with Gasteiger partial charge >= 0.3 is 0 Å². The normalized spacial score (nSPS) is 11.6. The Morgan fingerprint density at radius 1 is 0.966 bits per heavy atom. The number of nitrogens with one attached hydrogen (secondary N) is 1. The molecule has 1 N–H and O–H groups in total. The fraction of sp³-hybridized carbons (Fsp3) is 0.417. The van der Waals surface area contributed by atoms with Crippen LogP contribution in [0.3, 0.4) is 0 Å². The molecule has 0 radical (unpaired) electrons. The lowest BCUT2D eigenvalue weighted by atomic mass is 10.1. The van der Waals surface area contributed by atoms with Gasteiger partial charge in [0.1, 0.15) is 5.75 Å². The second-order valence-corrected chi connectivity index (χ2v) is 7.34. The van der Waals surface area contributed by atoms with E-state index in [4.69, 9.17) is 4.74 Å². The molecule has 0 aliphatic rings. The van der Waals surface area contributed by atoms with Crippen molar-refractivity contribution in [2.75, 3.05) is 18.4 Å². The number of para-hydroxylation sites is 1. The lowest BCUT2D eigenvalue weighted by molar-refractivity contribution is -0.122. The van der Waals surface area contributed by atoms with Crippen molar-refractivity contribution in [1.82, 2.24) is 4.90 Å². The highest BCUT2D eigenvalue weighted by Gasteiger charge is 2.18. The highest BCUT2D eigenvalue weighted by molar-refractivity contribution is 5.96. The van der Waals surface area contributed by atoms with Crippen molar-refractivity contribution in [3.63, 3.8) is 0 Å². The van der Waals surface area contributed by atoms with E-state index in [1.54, 1.807) is 31.2 Å². The molecule has 0 aliphatic carbocycles. The van der Waals surface area contributed by atoms with Crippen LogP contribution in [0.5, 0.6) is 5.75 Å². The van der Waals surface area contributed by atoms with Crippen molar-refractivity contribution in [3.05, 3.63) is 59.2 Å². The first-order valence-electron chi connectivity index (χ1n) is 10.3. The summed E-state index contributed by atoms with van der Waals surface area (Å²) >= 11 is 0. The zero-order valence-corrected chi connectivity index (χ0v) is 18.1. The van der Waals surface area contributed by atoms with Crippen LogP contribution in [0.4, 0.5) is 5.69 Å². The van der Waals surface area contributed by atoms with Gasteiger partial charge in [-0.2, -0.15) is 0 Å². The van der Waals surface area contributed by atoms with Crippen molar-refractivity contribution < 1.29 is 14.3 Å². The Balaban J connectivity index is 2.01. The van der Waals surface area contributed by atoms with Crippen LogP contribution < -0.4 is 10.1 Å². The van der Waals surface area contributed by atoms with Crippen molar-refractivity contribution in [2.24, 2.45) is 0 Å². The summed E-state index contributed by atoms with van der Waals surface area (Å²) in [4.78, 5) is 27.0. The van der Waals surface area contributed by atoms with Gasteiger partial charge in [-0.3, -0.25) is 9.59 Å². The minimum atomic E-state index is -0.638. The number of amides is 2. The third kappa shape index (κ3) is 6.08. The van der Waals surface area contributed by atoms with E-state index < -0.39 is 6.10 Å². The summed E-state index contributed by atoms with van der Waals surface area (Å²) in [7, 11) is 0. The SMILES string of the molecule is CCCN(CCC)C(=O)c1ccc(NC(=O)C(C)Oc2c(C)cccc2C)cc1. The monoisotopic (exact) mass is 396 g/mol. The number of carbonyl (C=O) groups is 2. The number of ether oxygens (including phenoxy) is 1. The molecule has 1 atom stereocenters. The molecule has 1 unspecified atom stereocenters. The van der Waals surface area contributed by atoms with Gasteiger partial charge in [-0.25, -0.2) is 0 Å².